The van der Waals surface area contributed by atoms with Crippen molar-refractivity contribution >= 4 is 27.0 Å². The average molecular weight is 325 g/mol. The van der Waals surface area contributed by atoms with Crippen molar-refractivity contribution in [1.82, 2.24) is 4.31 Å². The van der Waals surface area contributed by atoms with E-state index in [1.165, 1.54) is 6.07 Å². The van der Waals surface area contributed by atoms with E-state index in [2.05, 4.69) is 0 Å². The highest BCUT2D eigenvalue weighted by molar-refractivity contribution is 7.89. The monoisotopic (exact) mass is 325 g/mol. The molecule has 1 fully saturated rings. The lowest BCUT2D eigenvalue weighted by Crippen LogP contribution is -2.49. The van der Waals surface area contributed by atoms with Gasteiger partial charge in [-0.15, -0.1) is 0 Å². The summed E-state index contributed by atoms with van der Waals surface area (Å²) in [5, 5.41) is 9.44. The van der Waals surface area contributed by atoms with Crippen LogP contribution in [0.5, 0.6) is 0 Å². The lowest BCUT2D eigenvalue weighted by molar-refractivity contribution is -0.139. The summed E-state index contributed by atoms with van der Waals surface area (Å²) < 4.78 is 37.2. The highest BCUT2D eigenvalue weighted by atomic mass is 32.2. The number of carbonyl (C=O) groups is 1. The fourth-order valence-electron chi connectivity index (χ4n) is 2.52. The first kappa shape index (κ1) is 15.0. The summed E-state index contributed by atoms with van der Waals surface area (Å²) in [6, 6.07) is 7.71. The Morgan fingerprint density at radius 2 is 2.14 bits per heavy atom. The van der Waals surface area contributed by atoms with Gasteiger partial charge in [-0.1, -0.05) is 18.2 Å². The van der Waals surface area contributed by atoms with Crippen LogP contribution in [0.4, 0.5) is 0 Å². The van der Waals surface area contributed by atoms with Gasteiger partial charge >= 0.3 is 5.97 Å². The van der Waals surface area contributed by atoms with Gasteiger partial charge < -0.3 is 14.3 Å². The van der Waals surface area contributed by atoms with E-state index < -0.39 is 22.0 Å². The predicted octanol–water partition coefficient (Wildman–Crippen LogP) is 1.30. The largest absolute Gasteiger partial charge is 0.481 e. The van der Waals surface area contributed by atoms with Gasteiger partial charge in [-0.2, -0.15) is 4.31 Å². The predicted molar refractivity (Wildman–Crippen MR) is 77.0 cm³/mol. The second kappa shape index (κ2) is 5.71. The lowest BCUT2D eigenvalue weighted by Gasteiger charge is -2.32. The van der Waals surface area contributed by atoms with E-state index in [0.29, 0.717) is 11.0 Å². The number of fused-ring (bicyclic) bond motifs is 1. The molecule has 0 amide bonds. The molecule has 3 rings (SSSR count). The maximum Gasteiger partial charge on any atom is 0.305 e. The molecule has 0 saturated carbocycles. The molecule has 1 atom stereocenters. The molecule has 0 spiro atoms. The van der Waals surface area contributed by atoms with Crippen LogP contribution in [0.1, 0.15) is 6.42 Å². The molecule has 1 aromatic heterocycles. The van der Waals surface area contributed by atoms with Crippen LogP contribution in [-0.2, 0) is 19.6 Å². The highest BCUT2D eigenvalue weighted by Gasteiger charge is 2.37. The molecule has 8 heteroatoms. The molecule has 118 valence electrons. The third-order valence-electron chi connectivity index (χ3n) is 3.55. The van der Waals surface area contributed by atoms with Crippen molar-refractivity contribution in [2.75, 3.05) is 19.8 Å². The van der Waals surface area contributed by atoms with E-state index in [9.17, 15) is 13.2 Å². The van der Waals surface area contributed by atoms with Gasteiger partial charge in [0.25, 0.3) is 10.0 Å². The van der Waals surface area contributed by atoms with Crippen molar-refractivity contribution in [3.05, 3.63) is 30.3 Å². The minimum Gasteiger partial charge on any atom is -0.481 e. The summed E-state index contributed by atoms with van der Waals surface area (Å²) >= 11 is 0. The molecular formula is C14H15NO6S. The van der Waals surface area contributed by atoms with Crippen molar-refractivity contribution in [3.8, 4) is 0 Å². The van der Waals surface area contributed by atoms with Gasteiger partial charge in [0, 0.05) is 18.0 Å². The Bertz CT molecular complexity index is 764. The zero-order chi connectivity index (χ0) is 15.7. The van der Waals surface area contributed by atoms with Gasteiger partial charge in [0.1, 0.15) is 5.58 Å². The fraction of sp³-hybridized carbons (Fsp3) is 0.357. The first-order valence-corrected chi connectivity index (χ1v) is 8.22. The Hall–Kier alpha value is -1.90. The summed E-state index contributed by atoms with van der Waals surface area (Å²) in [7, 11) is -3.90. The molecule has 2 heterocycles. The van der Waals surface area contributed by atoms with Crippen molar-refractivity contribution in [2.45, 2.75) is 17.6 Å². The summed E-state index contributed by atoms with van der Waals surface area (Å²) in [6.45, 7) is 0.401. The van der Waals surface area contributed by atoms with Crippen LogP contribution in [-0.4, -0.2) is 49.6 Å². The highest BCUT2D eigenvalue weighted by Crippen LogP contribution is 2.27. The van der Waals surface area contributed by atoms with E-state index in [-0.39, 0.29) is 31.3 Å². The molecule has 22 heavy (non-hydrogen) atoms. The number of morpholine rings is 1. The first-order chi connectivity index (χ1) is 10.5. The number of carboxylic acids is 1. The van der Waals surface area contributed by atoms with Crippen LogP contribution < -0.4 is 0 Å². The first-order valence-electron chi connectivity index (χ1n) is 6.78. The lowest BCUT2D eigenvalue weighted by atomic mass is 10.2. The number of benzene rings is 1. The van der Waals surface area contributed by atoms with Gasteiger partial charge in [0.15, 0.2) is 0 Å². The summed E-state index contributed by atoms with van der Waals surface area (Å²) in [5.41, 5.74) is 0.476. The number of carboxylic acid groups (broad SMARTS) is 1. The molecule has 1 saturated heterocycles. The maximum atomic E-state index is 12.7. The number of aliphatic carboxylic acids is 1. The van der Waals surface area contributed by atoms with E-state index >= 15 is 0 Å². The van der Waals surface area contributed by atoms with Crippen LogP contribution in [0.15, 0.2) is 39.8 Å². The molecule has 7 nitrogen and oxygen atoms in total. The van der Waals surface area contributed by atoms with Gasteiger partial charge in [0.05, 0.1) is 25.7 Å². The zero-order valence-corrected chi connectivity index (χ0v) is 12.5. The Balaban J connectivity index is 1.97. The molecular weight excluding hydrogens is 310 g/mol. The Kier molecular flexibility index (Phi) is 3.90. The number of ether oxygens (including phenoxy) is 1. The molecule has 1 N–H and O–H groups in total. The van der Waals surface area contributed by atoms with Crippen LogP contribution in [0.2, 0.25) is 0 Å². The third kappa shape index (κ3) is 2.72. The van der Waals surface area contributed by atoms with Crippen molar-refractivity contribution in [3.63, 3.8) is 0 Å². The van der Waals surface area contributed by atoms with E-state index in [0.717, 1.165) is 4.31 Å². The normalized spacial score (nSPS) is 20.3. The molecule has 0 radical (unpaired) electrons. The Labute approximate surface area is 127 Å². The van der Waals surface area contributed by atoms with Gasteiger partial charge in [-0.25, -0.2) is 8.42 Å². The number of hydrogen-bond acceptors (Lipinski definition) is 5. The van der Waals surface area contributed by atoms with Crippen LogP contribution >= 0.6 is 0 Å². The smallest absolute Gasteiger partial charge is 0.305 e. The fourth-order valence-corrected chi connectivity index (χ4v) is 4.06. The second-order valence-corrected chi connectivity index (χ2v) is 6.87. The molecule has 1 unspecified atom stereocenters. The third-order valence-corrected chi connectivity index (χ3v) is 5.36. The SMILES string of the molecule is O=C(O)CC1COCCN1S(=O)(=O)c1cc2ccccc2o1. The molecule has 1 aliphatic rings. The summed E-state index contributed by atoms with van der Waals surface area (Å²) in [6.07, 6.45) is -0.306. The maximum absolute atomic E-state index is 12.7. The number of hydrogen-bond donors (Lipinski definition) is 1. The zero-order valence-electron chi connectivity index (χ0n) is 11.6. The summed E-state index contributed by atoms with van der Waals surface area (Å²) in [4.78, 5) is 10.9. The number of para-hydroxylation sites is 1. The molecule has 2 aromatic rings. The Morgan fingerprint density at radius 1 is 1.36 bits per heavy atom. The van der Waals surface area contributed by atoms with Gasteiger partial charge in [-0.05, 0) is 6.07 Å². The van der Waals surface area contributed by atoms with Crippen LogP contribution in [0.25, 0.3) is 11.0 Å². The quantitative estimate of drug-likeness (QED) is 0.910. The number of nitrogens with zero attached hydrogens (tertiary/aromatic N) is 1. The van der Waals surface area contributed by atoms with Gasteiger partial charge in [0.2, 0.25) is 5.09 Å². The van der Waals surface area contributed by atoms with Crippen molar-refractivity contribution < 1.29 is 27.5 Å². The van der Waals surface area contributed by atoms with E-state index in [1.807, 2.05) is 0 Å². The molecule has 1 aromatic carbocycles. The molecule has 1 aliphatic heterocycles. The van der Waals surface area contributed by atoms with Crippen LogP contribution in [0.3, 0.4) is 0 Å². The van der Waals surface area contributed by atoms with Crippen molar-refractivity contribution in [1.29, 1.82) is 0 Å². The van der Waals surface area contributed by atoms with Gasteiger partial charge in [-0.3, -0.25) is 4.79 Å². The van der Waals surface area contributed by atoms with Crippen LogP contribution in [0, 0.1) is 0 Å². The number of furan rings is 1. The standard InChI is InChI=1S/C14H15NO6S/c16-13(17)8-11-9-20-6-5-15(11)22(18,19)14-7-10-3-1-2-4-12(10)21-14/h1-4,7,11H,5-6,8-9H2,(H,16,17). The Morgan fingerprint density at radius 3 is 2.86 bits per heavy atom. The molecule has 0 aliphatic carbocycles. The second-order valence-electron chi connectivity index (χ2n) is 5.05. The summed E-state index contributed by atoms with van der Waals surface area (Å²) in [5.74, 6) is -1.07. The number of sulfonamides is 1. The van der Waals surface area contributed by atoms with Crippen molar-refractivity contribution in [2.24, 2.45) is 0 Å². The minimum absolute atomic E-state index is 0.0613. The minimum atomic E-state index is -3.90. The van der Waals surface area contributed by atoms with E-state index in [4.69, 9.17) is 14.3 Å². The topological polar surface area (TPSA) is 97.0 Å². The average Bonchev–Trinajstić information content (AvgIpc) is 2.92. The molecule has 0 bridgehead atoms. The number of rotatable bonds is 4. The van der Waals surface area contributed by atoms with E-state index in [1.54, 1.807) is 24.3 Å².